The Morgan fingerprint density at radius 1 is 1.06 bits per heavy atom. The molecule has 0 aliphatic carbocycles. The van der Waals surface area contributed by atoms with Gasteiger partial charge in [0.05, 0.1) is 29.9 Å². The molecule has 2 aromatic carbocycles. The molecule has 0 spiro atoms. The topological polar surface area (TPSA) is 55.6 Å². The van der Waals surface area contributed by atoms with Crippen molar-refractivity contribution in [1.82, 2.24) is 9.38 Å². The van der Waals surface area contributed by atoms with Crippen LogP contribution in [0.4, 0.5) is 5.69 Å². The molecule has 0 aliphatic heterocycles. The highest BCUT2D eigenvalue weighted by atomic mass is 35.5. The molecular weight excluding hydrogens is 410 g/mol. The lowest BCUT2D eigenvalue weighted by molar-refractivity contribution is -0.115. The van der Waals surface area contributed by atoms with Gasteiger partial charge >= 0.3 is 0 Å². The summed E-state index contributed by atoms with van der Waals surface area (Å²) in [5, 5.41) is 3.37. The van der Waals surface area contributed by atoms with E-state index in [1.165, 1.54) is 11.1 Å². The summed E-state index contributed by atoms with van der Waals surface area (Å²) in [5.74, 6) is 0.419. The first-order chi connectivity index (χ1) is 14.9. The van der Waals surface area contributed by atoms with Gasteiger partial charge in [0.25, 0.3) is 0 Å². The average molecular weight is 434 g/mol. The van der Waals surface area contributed by atoms with E-state index in [1.54, 1.807) is 25.3 Å². The lowest BCUT2D eigenvalue weighted by Gasteiger charge is -2.10. The molecule has 0 aliphatic rings. The number of halogens is 1. The molecule has 1 N–H and O–H groups in total. The Kier molecular flexibility index (Phi) is 5.70. The smallest absolute Gasteiger partial charge is 0.230 e. The Morgan fingerprint density at radius 3 is 2.58 bits per heavy atom. The second-order valence-corrected chi connectivity index (χ2v) is 8.12. The van der Waals surface area contributed by atoms with Crippen molar-refractivity contribution in [3.05, 3.63) is 82.1 Å². The predicted molar refractivity (Wildman–Crippen MR) is 125 cm³/mol. The zero-order chi connectivity index (χ0) is 22.1. The van der Waals surface area contributed by atoms with Crippen LogP contribution in [-0.2, 0) is 11.2 Å². The van der Waals surface area contributed by atoms with Gasteiger partial charge in [-0.1, -0.05) is 23.7 Å². The van der Waals surface area contributed by atoms with Gasteiger partial charge in [0.2, 0.25) is 5.91 Å². The summed E-state index contributed by atoms with van der Waals surface area (Å²) in [6, 6.07) is 15.5. The molecule has 0 unspecified atom stereocenters. The molecule has 2 heterocycles. The molecule has 0 radical (unpaired) electrons. The van der Waals surface area contributed by atoms with E-state index < -0.39 is 0 Å². The van der Waals surface area contributed by atoms with E-state index in [0.717, 1.165) is 28.2 Å². The summed E-state index contributed by atoms with van der Waals surface area (Å²) in [5.41, 5.74) is 7.63. The Labute approximate surface area is 186 Å². The van der Waals surface area contributed by atoms with Crippen LogP contribution < -0.4 is 10.1 Å². The molecule has 0 atom stereocenters. The first-order valence-electron chi connectivity index (χ1n) is 10.0. The number of aromatic nitrogens is 2. The third-order valence-electron chi connectivity index (χ3n) is 5.42. The van der Waals surface area contributed by atoms with Gasteiger partial charge in [-0.25, -0.2) is 4.98 Å². The Hall–Kier alpha value is -3.31. The summed E-state index contributed by atoms with van der Waals surface area (Å²) in [6.45, 7) is 6.20. The Balaban J connectivity index is 1.71. The van der Waals surface area contributed by atoms with Crippen LogP contribution >= 0.6 is 11.6 Å². The van der Waals surface area contributed by atoms with E-state index in [1.807, 2.05) is 29.7 Å². The number of methoxy groups -OCH3 is 1. The van der Waals surface area contributed by atoms with Gasteiger partial charge in [-0.15, -0.1) is 0 Å². The van der Waals surface area contributed by atoms with Crippen LogP contribution in [0.15, 0.2) is 54.7 Å². The minimum atomic E-state index is -0.145. The molecule has 5 nitrogen and oxygen atoms in total. The SMILES string of the molecule is COc1ccc(NC(=O)Cc2c(-c3ccc(C)c(C)c3)nc3cc(C)ccn23)cc1Cl. The van der Waals surface area contributed by atoms with Crippen molar-refractivity contribution in [1.29, 1.82) is 0 Å². The minimum Gasteiger partial charge on any atom is -0.495 e. The van der Waals surface area contributed by atoms with Gasteiger partial charge in [0.1, 0.15) is 11.4 Å². The molecule has 1 amide bonds. The van der Waals surface area contributed by atoms with E-state index in [4.69, 9.17) is 21.3 Å². The molecule has 31 heavy (non-hydrogen) atoms. The summed E-state index contributed by atoms with van der Waals surface area (Å²) >= 11 is 6.19. The van der Waals surface area contributed by atoms with Crippen molar-refractivity contribution >= 4 is 28.8 Å². The second-order valence-electron chi connectivity index (χ2n) is 7.71. The number of fused-ring (bicyclic) bond motifs is 1. The van der Waals surface area contributed by atoms with E-state index >= 15 is 0 Å². The number of anilines is 1. The molecule has 0 bridgehead atoms. The number of benzene rings is 2. The Morgan fingerprint density at radius 2 is 1.87 bits per heavy atom. The number of carbonyl (C=O) groups excluding carboxylic acids is 1. The van der Waals surface area contributed by atoms with Crippen LogP contribution in [0, 0.1) is 20.8 Å². The molecule has 4 aromatic rings. The number of ether oxygens (including phenoxy) is 1. The average Bonchev–Trinajstić information content (AvgIpc) is 3.07. The maximum Gasteiger partial charge on any atom is 0.230 e. The second kappa shape index (κ2) is 8.44. The van der Waals surface area contributed by atoms with Gasteiger partial charge in [0, 0.05) is 17.4 Å². The molecule has 2 aromatic heterocycles. The van der Waals surface area contributed by atoms with Gasteiger partial charge < -0.3 is 14.5 Å². The molecule has 158 valence electrons. The number of aryl methyl sites for hydroxylation is 3. The fourth-order valence-electron chi connectivity index (χ4n) is 3.59. The standard InChI is InChI=1S/C25H24ClN3O2/c1-15-9-10-29-21(14-24(30)27-19-7-8-22(31-4)20(26)13-19)25(28-23(29)11-15)18-6-5-16(2)17(3)12-18/h5-13H,14H2,1-4H3,(H,27,30). The van der Waals surface area contributed by atoms with Gasteiger partial charge in [-0.3, -0.25) is 4.79 Å². The van der Waals surface area contributed by atoms with E-state index in [0.29, 0.717) is 16.5 Å². The van der Waals surface area contributed by atoms with E-state index in [2.05, 4.69) is 37.4 Å². The fraction of sp³-hybridized carbons (Fsp3) is 0.200. The summed E-state index contributed by atoms with van der Waals surface area (Å²) in [6.07, 6.45) is 2.14. The van der Waals surface area contributed by atoms with Gasteiger partial charge in [-0.05, 0) is 73.9 Å². The summed E-state index contributed by atoms with van der Waals surface area (Å²) in [7, 11) is 1.56. The first kappa shape index (κ1) is 20.9. The van der Waals surface area contributed by atoms with Crippen molar-refractivity contribution in [2.24, 2.45) is 0 Å². The van der Waals surface area contributed by atoms with Crippen LogP contribution in [-0.4, -0.2) is 22.4 Å². The number of carbonyl (C=O) groups is 1. The third-order valence-corrected chi connectivity index (χ3v) is 5.72. The number of hydrogen-bond donors (Lipinski definition) is 1. The van der Waals surface area contributed by atoms with Gasteiger partial charge in [0.15, 0.2) is 0 Å². The van der Waals surface area contributed by atoms with Crippen molar-refractivity contribution in [3.8, 4) is 17.0 Å². The molecular formula is C25H24ClN3O2. The summed E-state index contributed by atoms with van der Waals surface area (Å²) in [4.78, 5) is 17.8. The molecule has 0 fully saturated rings. The minimum absolute atomic E-state index is 0.145. The number of hydrogen-bond acceptors (Lipinski definition) is 3. The molecule has 0 saturated heterocycles. The van der Waals surface area contributed by atoms with Crippen LogP contribution in [0.1, 0.15) is 22.4 Å². The monoisotopic (exact) mass is 433 g/mol. The lowest BCUT2D eigenvalue weighted by Crippen LogP contribution is -2.16. The predicted octanol–water partition coefficient (Wildman–Crippen LogP) is 5.77. The van der Waals surface area contributed by atoms with E-state index in [9.17, 15) is 4.79 Å². The number of amides is 1. The van der Waals surface area contributed by atoms with Crippen LogP contribution in [0.3, 0.4) is 0 Å². The number of imidazole rings is 1. The van der Waals surface area contributed by atoms with E-state index in [-0.39, 0.29) is 12.3 Å². The van der Waals surface area contributed by atoms with Crippen molar-refractivity contribution < 1.29 is 9.53 Å². The van der Waals surface area contributed by atoms with Crippen LogP contribution in [0.25, 0.3) is 16.9 Å². The fourth-order valence-corrected chi connectivity index (χ4v) is 3.85. The van der Waals surface area contributed by atoms with Crippen LogP contribution in [0.5, 0.6) is 5.75 Å². The maximum absolute atomic E-state index is 12.9. The molecule has 6 heteroatoms. The number of pyridine rings is 1. The van der Waals surface area contributed by atoms with Crippen LogP contribution in [0.2, 0.25) is 5.02 Å². The van der Waals surface area contributed by atoms with Crippen molar-refractivity contribution in [2.45, 2.75) is 27.2 Å². The van der Waals surface area contributed by atoms with Gasteiger partial charge in [-0.2, -0.15) is 0 Å². The zero-order valence-electron chi connectivity index (χ0n) is 18.0. The highest BCUT2D eigenvalue weighted by Gasteiger charge is 2.18. The number of nitrogens with one attached hydrogen (secondary N) is 1. The quantitative estimate of drug-likeness (QED) is 0.434. The normalized spacial score (nSPS) is 11.0. The highest BCUT2D eigenvalue weighted by Crippen LogP contribution is 2.29. The number of nitrogens with zero attached hydrogens (tertiary/aromatic N) is 2. The highest BCUT2D eigenvalue weighted by molar-refractivity contribution is 6.32. The van der Waals surface area contributed by atoms with Crippen molar-refractivity contribution in [2.75, 3.05) is 12.4 Å². The third kappa shape index (κ3) is 4.28. The first-order valence-corrected chi connectivity index (χ1v) is 10.4. The largest absolute Gasteiger partial charge is 0.495 e. The maximum atomic E-state index is 12.9. The number of rotatable bonds is 5. The lowest BCUT2D eigenvalue weighted by atomic mass is 10.0. The van der Waals surface area contributed by atoms with Crippen molar-refractivity contribution in [3.63, 3.8) is 0 Å². The molecule has 0 saturated carbocycles. The Bertz CT molecular complexity index is 1290. The zero-order valence-corrected chi connectivity index (χ0v) is 18.7. The molecule has 4 rings (SSSR count). The summed E-state index contributed by atoms with van der Waals surface area (Å²) < 4.78 is 7.16.